The van der Waals surface area contributed by atoms with Crippen LogP contribution in [0.2, 0.25) is 0 Å². The quantitative estimate of drug-likeness (QED) is 0.287. The van der Waals surface area contributed by atoms with Crippen LogP contribution in [0.25, 0.3) is 43.8 Å². The highest BCUT2D eigenvalue weighted by atomic mass is 16.7. The molecule has 0 N–H and O–H groups in total. The first kappa shape index (κ1) is 29.1. The number of rotatable bonds is 3. The van der Waals surface area contributed by atoms with E-state index in [0.717, 1.165) is 32.9 Å². The largest absolute Gasteiger partial charge is 0.494 e. The second-order valence-electron chi connectivity index (χ2n) is 11.9. The van der Waals surface area contributed by atoms with E-state index < -0.39 is 18.3 Å². The molecule has 1 aliphatic rings. The Bertz CT molecular complexity index is 1910. The maximum atomic E-state index is 6.66. The number of benzene rings is 5. The Kier molecular flexibility index (Phi) is 6.99. The zero-order valence-corrected chi connectivity index (χ0v) is 24.2. The smallest absolute Gasteiger partial charge is 0.399 e. The van der Waals surface area contributed by atoms with Crippen LogP contribution in [0.1, 0.15) is 27.7 Å². The van der Waals surface area contributed by atoms with Crippen molar-refractivity contribution in [3.05, 3.63) is 60.7 Å². The van der Waals surface area contributed by atoms with Gasteiger partial charge in [-0.25, -0.2) is 0 Å². The molecule has 186 valence electrons. The van der Waals surface area contributed by atoms with Crippen LogP contribution < -0.4 is 43.7 Å². The number of hydrogen-bond donors (Lipinski definition) is 0. The van der Waals surface area contributed by atoms with Crippen molar-refractivity contribution in [3.8, 4) is 22.3 Å². The monoisotopic (exact) mass is 526 g/mol. The lowest BCUT2D eigenvalue weighted by Gasteiger charge is -2.32. The molecule has 0 aromatic heterocycles. The van der Waals surface area contributed by atoms with E-state index in [1.165, 1.54) is 0 Å². The molecule has 0 saturated carbocycles. The second-order valence-corrected chi connectivity index (χ2v) is 11.9. The van der Waals surface area contributed by atoms with Crippen LogP contribution in [-0.4, -0.2) is 73.2 Å². The molecule has 5 aromatic rings. The van der Waals surface area contributed by atoms with Crippen molar-refractivity contribution in [2.45, 2.75) is 38.9 Å². The van der Waals surface area contributed by atoms with Crippen molar-refractivity contribution in [2.75, 3.05) is 0 Å². The van der Waals surface area contributed by atoms with Gasteiger partial charge in [0, 0.05) is 0 Å². The van der Waals surface area contributed by atoms with E-state index in [9.17, 15) is 0 Å². The highest BCUT2D eigenvalue weighted by Gasteiger charge is 2.51. The molecule has 2 nitrogen and oxygen atoms in total. The molecule has 1 fully saturated rings. The van der Waals surface area contributed by atoms with E-state index in [1.807, 2.05) is 64.1 Å². The topological polar surface area (TPSA) is 18.5 Å². The zero-order chi connectivity index (χ0) is 30.3. The SMILES string of the molecule is [B]c1c([B])c([B])c2c(-c3ccc(-c4cccc(B5OC(C)(C)C(C)(C)O5)c4)c4ccccc34)c([B])c([B])c([B])c2c1[B]. The van der Waals surface area contributed by atoms with Crippen LogP contribution in [0.4, 0.5) is 0 Å². The molecule has 6 rings (SSSR count). The van der Waals surface area contributed by atoms with Crippen LogP contribution in [0.3, 0.4) is 0 Å². The van der Waals surface area contributed by atoms with Gasteiger partial charge in [0.05, 0.1) is 11.2 Å². The van der Waals surface area contributed by atoms with Crippen molar-refractivity contribution >= 4 is 127 Å². The van der Waals surface area contributed by atoms with Gasteiger partial charge in [0.15, 0.2) is 0 Å². The van der Waals surface area contributed by atoms with E-state index >= 15 is 0 Å². The van der Waals surface area contributed by atoms with E-state index in [-0.39, 0.29) is 38.2 Å². The van der Waals surface area contributed by atoms with Crippen LogP contribution in [-0.2, 0) is 9.31 Å². The average Bonchev–Trinajstić information content (AvgIpc) is 3.19. The molecule has 1 heterocycles. The van der Waals surface area contributed by atoms with Crippen molar-refractivity contribution in [3.63, 3.8) is 0 Å². The molecule has 14 radical (unpaired) electrons. The highest BCUT2D eigenvalue weighted by molar-refractivity contribution is 6.72. The summed E-state index contributed by atoms with van der Waals surface area (Å²) in [5.74, 6) is 0. The standard InChI is InChI=1S/C32H22B8O2/c1-31(2)32(3,4)42-40(41-31)16-9-7-8-15(14-16)17-12-13-20(19-11-6-5-10-18(17)19)21-22-23(26(35)28(37)24(21)33)27(36)30(39)29(38)25(22)34/h5-14H,1-4H3. The Hall–Kier alpha value is -2.94. The second kappa shape index (κ2) is 10.1. The van der Waals surface area contributed by atoms with Gasteiger partial charge >= 0.3 is 7.12 Å². The lowest BCUT2D eigenvalue weighted by Crippen LogP contribution is -2.52. The van der Waals surface area contributed by atoms with Crippen LogP contribution >= 0.6 is 0 Å². The van der Waals surface area contributed by atoms with Gasteiger partial charge in [0.1, 0.15) is 54.9 Å². The Balaban J connectivity index is 1.58. The third kappa shape index (κ3) is 4.28. The molecular weight excluding hydrogens is 503 g/mol. The van der Waals surface area contributed by atoms with Gasteiger partial charge in [0.25, 0.3) is 0 Å². The maximum Gasteiger partial charge on any atom is 0.494 e. The fourth-order valence-corrected chi connectivity index (χ4v) is 5.80. The molecule has 0 atom stereocenters. The van der Waals surface area contributed by atoms with E-state index in [2.05, 4.69) is 24.3 Å². The molecule has 0 amide bonds. The molecule has 5 aromatic carbocycles. The predicted octanol–water partition coefficient (Wildman–Crippen LogP) is -0.817. The van der Waals surface area contributed by atoms with Gasteiger partial charge < -0.3 is 9.31 Å². The van der Waals surface area contributed by atoms with E-state index in [1.54, 1.807) is 0 Å². The van der Waals surface area contributed by atoms with Gasteiger partial charge in [-0.2, -0.15) is 0 Å². The first-order chi connectivity index (χ1) is 19.7. The summed E-state index contributed by atoms with van der Waals surface area (Å²) < 4.78 is 12.6. The molecule has 10 heteroatoms. The summed E-state index contributed by atoms with van der Waals surface area (Å²) >= 11 is 0. The molecule has 1 saturated heterocycles. The molecule has 0 bridgehead atoms. The summed E-state index contributed by atoms with van der Waals surface area (Å²) in [5.41, 5.74) is 4.99. The summed E-state index contributed by atoms with van der Waals surface area (Å²) in [6.45, 7) is 8.19. The first-order valence-electron chi connectivity index (χ1n) is 13.7. The third-order valence-corrected chi connectivity index (χ3v) is 8.94. The summed E-state index contributed by atoms with van der Waals surface area (Å²) in [5, 5.41) is 2.88. The minimum Gasteiger partial charge on any atom is -0.399 e. The summed E-state index contributed by atoms with van der Waals surface area (Å²) in [7, 11) is 44.5. The summed E-state index contributed by atoms with van der Waals surface area (Å²) in [6, 6.07) is 20.3. The third-order valence-electron chi connectivity index (χ3n) is 8.94. The summed E-state index contributed by atoms with van der Waals surface area (Å²) in [4.78, 5) is 0. The lowest BCUT2D eigenvalue weighted by molar-refractivity contribution is 0.00578. The lowest BCUT2D eigenvalue weighted by atomic mass is 9.58. The maximum absolute atomic E-state index is 6.66. The Labute approximate surface area is 257 Å². The van der Waals surface area contributed by atoms with Crippen molar-refractivity contribution in [2.24, 2.45) is 0 Å². The molecule has 0 unspecified atom stereocenters. The number of hydrogen-bond acceptors (Lipinski definition) is 2. The number of fused-ring (bicyclic) bond motifs is 2. The molecule has 1 aliphatic heterocycles. The molecule has 0 spiro atoms. The average molecular weight is 525 g/mol. The van der Waals surface area contributed by atoms with Crippen molar-refractivity contribution in [1.82, 2.24) is 0 Å². The molecular formula is C32H22B8O2. The van der Waals surface area contributed by atoms with Gasteiger partial charge in [0.2, 0.25) is 0 Å². The Morgan fingerprint density at radius 1 is 0.524 bits per heavy atom. The van der Waals surface area contributed by atoms with Crippen molar-refractivity contribution in [1.29, 1.82) is 0 Å². The van der Waals surface area contributed by atoms with Crippen LogP contribution in [0, 0.1) is 0 Å². The van der Waals surface area contributed by atoms with Gasteiger partial charge in [-0.3, -0.25) is 0 Å². The highest BCUT2D eigenvalue weighted by Crippen LogP contribution is 2.38. The minimum absolute atomic E-state index is 0.156. The molecule has 42 heavy (non-hydrogen) atoms. The van der Waals surface area contributed by atoms with E-state index in [4.69, 9.17) is 64.2 Å². The van der Waals surface area contributed by atoms with Crippen LogP contribution in [0.5, 0.6) is 0 Å². The Morgan fingerprint density at radius 3 is 1.62 bits per heavy atom. The summed E-state index contributed by atoms with van der Waals surface area (Å²) in [6.07, 6.45) is 0. The minimum atomic E-state index is -0.476. The fourth-order valence-electron chi connectivity index (χ4n) is 5.80. The predicted molar refractivity (Wildman–Crippen MR) is 186 cm³/mol. The van der Waals surface area contributed by atoms with Gasteiger partial charge in [-0.05, 0) is 77.0 Å². The normalized spacial score (nSPS) is 16.0. The Morgan fingerprint density at radius 2 is 1.02 bits per heavy atom. The van der Waals surface area contributed by atoms with Crippen molar-refractivity contribution < 1.29 is 9.31 Å². The van der Waals surface area contributed by atoms with Gasteiger partial charge in [-0.1, -0.05) is 82.5 Å². The fraction of sp³-hybridized carbons (Fsp3) is 0.188. The molecule has 0 aliphatic carbocycles. The van der Waals surface area contributed by atoms with Gasteiger partial charge in [-0.15, -0.1) is 16.4 Å². The van der Waals surface area contributed by atoms with Crippen LogP contribution in [0.15, 0.2) is 60.7 Å². The zero-order valence-electron chi connectivity index (χ0n) is 24.2. The first-order valence-corrected chi connectivity index (χ1v) is 13.7. The van der Waals surface area contributed by atoms with E-state index in [0.29, 0.717) is 16.3 Å².